The van der Waals surface area contributed by atoms with E-state index in [4.69, 9.17) is 0 Å². The van der Waals surface area contributed by atoms with Crippen LogP contribution in [0.3, 0.4) is 0 Å². The topological polar surface area (TPSA) is 81.8 Å². The highest BCUT2D eigenvalue weighted by Crippen LogP contribution is 2.33. The number of hydrogen-bond acceptors (Lipinski definition) is 4. The molecule has 0 radical (unpaired) electrons. The number of benzene rings is 2. The van der Waals surface area contributed by atoms with E-state index < -0.39 is 23.5 Å². The van der Waals surface area contributed by atoms with E-state index in [1.165, 1.54) is 10.9 Å². The van der Waals surface area contributed by atoms with Crippen molar-refractivity contribution in [3.63, 3.8) is 0 Å². The molecule has 0 atom stereocenters. The van der Waals surface area contributed by atoms with Crippen molar-refractivity contribution in [3.05, 3.63) is 75.9 Å². The quantitative estimate of drug-likeness (QED) is 0.294. The zero-order valence-electron chi connectivity index (χ0n) is 16.6. The van der Waals surface area contributed by atoms with Gasteiger partial charge in [-0.15, -0.1) is 5.10 Å². The summed E-state index contributed by atoms with van der Waals surface area (Å²) in [5.74, 6) is -2.09. The molecule has 0 saturated heterocycles. The lowest BCUT2D eigenvalue weighted by atomic mass is 10.2. The van der Waals surface area contributed by atoms with Crippen molar-refractivity contribution in [1.82, 2.24) is 19.6 Å². The molecule has 12 heteroatoms. The zero-order chi connectivity index (χ0) is 23.8. The Labute approximate surface area is 192 Å². The number of carbonyl (C=O) groups excluding carboxylic acids is 2. The third-order valence-corrected chi connectivity index (χ3v) is 5.27. The maximum atomic E-state index is 13.4. The van der Waals surface area contributed by atoms with Crippen LogP contribution in [0.15, 0.2) is 53.3 Å². The average Bonchev–Trinajstić information content (AvgIpc) is 3.32. The molecule has 4 aromatic rings. The summed E-state index contributed by atoms with van der Waals surface area (Å²) in [7, 11) is 0. The van der Waals surface area contributed by atoms with Crippen LogP contribution in [0.1, 0.15) is 21.6 Å². The summed E-state index contributed by atoms with van der Waals surface area (Å²) >= 11 is 3.38. The second-order valence-corrected chi connectivity index (χ2v) is 8.06. The normalized spacial score (nSPS) is 11.7. The first-order valence-corrected chi connectivity index (χ1v) is 10.2. The first kappa shape index (κ1) is 22.6. The summed E-state index contributed by atoms with van der Waals surface area (Å²) in [5, 5.41) is 10.9. The Balaban J connectivity index is 1.46. The lowest BCUT2D eigenvalue weighted by Gasteiger charge is -2.11. The number of aromatic nitrogens is 4. The monoisotopic (exact) mass is 523 g/mol. The van der Waals surface area contributed by atoms with Gasteiger partial charge in [0.2, 0.25) is 5.91 Å². The van der Waals surface area contributed by atoms with Crippen molar-refractivity contribution >= 4 is 44.7 Å². The van der Waals surface area contributed by atoms with Crippen molar-refractivity contribution in [2.24, 2.45) is 0 Å². The first-order valence-electron chi connectivity index (χ1n) is 9.43. The molecule has 0 aliphatic carbocycles. The van der Waals surface area contributed by atoms with Crippen LogP contribution in [0.2, 0.25) is 0 Å². The highest BCUT2D eigenvalue weighted by molar-refractivity contribution is 9.10. The van der Waals surface area contributed by atoms with E-state index in [0.717, 1.165) is 27.7 Å². The van der Waals surface area contributed by atoms with Gasteiger partial charge in [0.25, 0.3) is 0 Å². The summed E-state index contributed by atoms with van der Waals surface area (Å²) in [6.07, 6.45) is -0.931. The lowest BCUT2D eigenvalue weighted by Crippen LogP contribution is -2.20. The minimum absolute atomic E-state index is 0.194. The van der Waals surface area contributed by atoms with Crippen LogP contribution in [0.5, 0.6) is 0 Å². The number of anilines is 1. The van der Waals surface area contributed by atoms with Gasteiger partial charge >= 0.3 is 6.18 Å². The molecule has 2 heterocycles. The van der Waals surface area contributed by atoms with Gasteiger partial charge in [0.05, 0.1) is 18.3 Å². The maximum absolute atomic E-state index is 13.4. The molecule has 0 fully saturated rings. The van der Waals surface area contributed by atoms with Crippen LogP contribution in [0.25, 0.3) is 10.9 Å². The molecule has 0 aliphatic rings. The van der Waals surface area contributed by atoms with Gasteiger partial charge in [-0.1, -0.05) is 21.1 Å². The van der Waals surface area contributed by atoms with E-state index in [2.05, 4.69) is 31.6 Å². The van der Waals surface area contributed by atoms with Crippen molar-refractivity contribution in [3.8, 4) is 0 Å². The minimum Gasteiger partial charge on any atom is -0.341 e. The Bertz CT molecular complexity index is 1360. The van der Waals surface area contributed by atoms with E-state index >= 15 is 0 Å². The smallest absolute Gasteiger partial charge is 0.341 e. The molecule has 0 spiro atoms. The highest BCUT2D eigenvalue weighted by atomic mass is 79.9. The number of amides is 1. The number of nitrogens with zero attached hydrogens (tertiary/aromatic N) is 4. The van der Waals surface area contributed by atoms with Crippen LogP contribution in [-0.4, -0.2) is 31.8 Å². The number of alkyl halides is 3. The van der Waals surface area contributed by atoms with Gasteiger partial charge in [0.15, 0.2) is 6.29 Å². The van der Waals surface area contributed by atoms with Gasteiger partial charge in [0.1, 0.15) is 18.1 Å². The lowest BCUT2D eigenvalue weighted by molar-refractivity contribution is -0.140. The molecule has 7 nitrogen and oxygen atoms in total. The fraction of sp³-hybridized carbons (Fsp3) is 0.143. The van der Waals surface area contributed by atoms with Crippen LogP contribution >= 0.6 is 15.9 Å². The van der Waals surface area contributed by atoms with Crippen molar-refractivity contribution in [2.75, 3.05) is 5.32 Å². The summed E-state index contributed by atoms with van der Waals surface area (Å²) in [4.78, 5) is 23.6. The zero-order valence-corrected chi connectivity index (χ0v) is 18.2. The maximum Gasteiger partial charge on any atom is 0.419 e. The number of halogens is 5. The Morgan fingerprint density at radius 3 is 2.67 bits per heavy atom. The van der Waals surface area contributed by atoms with Crippen molar-refractivity contribution < 1.29 is 27.2 Å². The van der Waals surface area contributed by atoms with Crippen LogP contribution in [0.4, 0.5) is 23.2 Å². The predicted molar refractivity (Wildman–Crippen MR) is 114 cm³/mol. The van der Waals surface area contributed by atoms with E-state index in [9.17, 15) is 27.2 Å². The van der Waals surface area contributed by atoms with Gasteiger partial charge in [-0.2, -0.15) is 13.2 Å². The summed E-state index contributed by atoms with van der Waals surface area (Å²) in [5.41, 5.74) is 0.158. The molecule has 0 saturated carbocycles. The molecular weight excluding hydrogens is 510 g/mol. The highest BCUT2D eigenvalue weighted by Gasteiger charge is 2.34. The van der Waals surface area contributed by atoms with E-state index in [-0.39, 0.29) is 18.8 Å². The molecule has 170 valence electrons. The van der Waals surface area contributed by atoms with Gasteiger partial charge in [-0.05, 0) is 36.4 Å². The SMILES string of the molecule is O=Cc1cn(Cc2cn(CC(=O)Nc3ccc(F)c(C(F)(F)F)c3)nn2)c2ccc(Br)cc12. The molecule has 2 aromatic heterocycles. The second kappa shape index (κ2) is 8.77. The fourth-order valence-electron chi connectivity index (χ4n) is 3.35. The van der Waals surface area contributed by atoms with Crippen LogP contribution in [-0.2, 0) is 24.1 Å². The first-order chi connectivity index (χ1) is 15.6. The fourth-order valence-corrected chi connectivity index (χ4v) is 3.71. The molecule has 1 N–H and O–H groups in total. The van der Waals surface area contributed by atoms with E-state index in [1.807, 2.05) is 22.8 Å². The molecule has 4 rings (SSSR count). The Morgan fingerprint density at radius 1 is 1.15 bits per heavy atom. The third-order valence-electron chi connectivity index (χ3n) is 4.78. The number of rotatable bonds is 6. The van der Waals surface area contributed by atoms with Crippen molar-refractivity contribution in [1.29, 1.82) is 0 Å². The summed E-state index contributed by atoms with van der Waals surface area (Å²) in [6.45, 7) is -0.0365. The molecule has 33 heavy (non-hydrogen) atoms. The largest absolute Gasteiger partial charge is 0.419 e. The molecular formula is C21H14BrF4N5O2. The molecule has 1 amide bonds. The molecule has 0 unspecified atom stereocenters. The third kappa shape index (κ3) is 4.95. The number of nitrogens with one attached hydrogen (secondary N) is 1. The molecule has 2 aromatic carbocycles. The van der Waals surface area contributed by atoms with Crippen LogP contribution < -0.4 is 5.32 Å². The number of aldehydes is 1. The van der Waals surface area contributed by atoms with Gasteiger partial charge in [-0.25, -0.2) is 9.07 Å². The van der Waals surface area contributed by atoms with E-state index in [0.29, 0.717) is 23.4 Å². The average molecular weight is 524 g/mol. The summed E-state index contributed by atoms with van der Waals surface area (Å²) < 4.78 is 55.8. The van der Waals surface area contributed by atoms with E-state index in [1.54, 1.807) is 6.20 Å². The standard InChI is InChI=1S/C21H14BrF4N5O2/c22-13-1-4-19-16(5-13)12(11-32)7-30(19)8-15-9-31(29-28-15)10-20(33)27-14-2-3-18(23)17(6-14)21(24,25)26/h1-7,9,11H,8,10H2,(H,27,33). The molecule has 0 aliphatic heterocycles. The van der Waals surface area contributed by atoms with Gasteiger partial charge in [0, 0.05) is 32.8 Å². The Morgan fingerprint density at radius 2 is 1.94 bits per heavy atom. The second-order valence-electron chi connectivity index (χ2n) is 7.14. The molecule has 0 bridgehead atoms. The number of fused-ring (bicyclic) bond motifs is 1. The van der Waals surface area contributed by atoms with Gasteiger partial charge in [-0.3, -0.25) is 9.59 Å². The summed E-state index contributed by atoms with van der Waals surface area (Å²) in [6, 6.07) is 7.72. The van der Waals surface area contributed by atoms with Gasteiger partial charge < -0.3 is 9.88 Å². The Kier molecular flexibility index (Phi) is 6.02. The minimum atomic E-state index is -4.88. The van der Waals surface area contributed by atoms with Crippen molar-refractivity contribution in [2.45, 2.75) is 19.3 Å². The number of hydrogen-bond donors (Lipinski definition) is 1. The van der Waals surface area contributed by atoms with Crippen LogP contribution in [0, 0.1) is 5.82 Å². The Hall–Kier alpha value is -3.54. The number of carbonyl (C=O) groups is 2. The predicted octanol–water partition coefficient (Wildman–Crippen LogP) is 4.65.